The maximum absolute atomic E-state index is 13.2. The summed E-state index contributed by atoms with van der Waals surface area (Å²) in [5, 5.41) is 15.6. The van der Waals surface area contributed by atoms with Gasteiger partial charge in [-0.1, -0.05) is 39.9 Å². The molecule has 1 saturated heterocycles. The largest absolute Gasteiger partial charge is 0.477 e. The molecular weight excluding hydrogens is 625 g/mol. The summed E-state index contributed by atoms with van der Waals surface area (Å²) in [4.78, 5) is 54.8. The van der Waals surface area contributed by atoms with Gasteiger partial charge in [0.15, 0.2) is 10.8 Å². The Bertz CT molecular complexity index is 1370. The number of aliphatic carboxylic acids is 1. The molecule has 0 radical (unpaired) electrons. The van der Waals surface area contributed by atoms with Gasteiger partial charge in [-0.05, 0) is 13.0 Å². The molecule has 0 spiro atoms. The number of hydrogen-bond donors (Lipinski definition) is 4. The fourth-order valence-corrected chi connectivity index (χ4v) is 8.08. The van der Waals surface area contributed by atoms with Gasteiger partial charge in [0.2, 0.25) is 0 Å². The molecule has 2 aromatic rings. The molecule has 0 saturated carbocycles. The molecule has 18 heteroatoms. The normalized spacial score (nSPS) is 19.6. The Balaban J connectivity index is 1.54. The van der Waals surface area contributed by atoms with Crippen LogP contribution in [0.2, 0.25) is 4.34 Å². The van der Waals surface area contributed by atoms with Gasteiger partial charge in [-0.25, -0.2) is 14.2 Å². The number of alkyl halides is 1. The van der Waals surface area contributed by atoms with Crippen molar-refractivity contribution in [3.05, 3.63) is 39.1 Å². The molecule has 2 aliphatic heterocycles. The summed E-state index contributed by atoms with van der Waals surface area (Å²) < 4.78 is 12.6. The molecule has 0 aromatic carbocycles. The predicted molar refractivity (Wildman–Crippen MR) is 154 cm³/mol. The van der Waals surface area contributed by atoms with Crippen LogP contribution in [0.25, 0.3) is 0 Å². The number of aromatic nitrogens is 2. The number of fused-ring (bicyclic) bond motifs is 1. The van der Waals surface area contributed by atoms with Gasteiger partial charge in [0.1, 0.15) is 40.4 Å². The molecule has 214 valence electrons. The third kappa shape index (κ3) is 6.66. The summed E-state index contributed by atoms with van der Waals surface area (Å²) in [7, 11) is 0. The van der Waals surface area contributed by atoms with E-state index in [1.54, 1.807) is 18.5 Å². The number of thioether (sulfide) groups is 3. The number of oxime groups is 1. The first-order chi connectivity index (χ1) is 19.1. The van der Waals surface area contributed by atoms with Crippen LogP contribution in [0.4, 0.5) is 9.52 Å². The molecule has 1 fully saturated rings. The minimum absolute atomic E-state index is 0.0431. The second-order valence-corrected chi connectivity index (χ2v) is 13.2. The molecule has 3 atom stereocenters. The Morgan fingerprint density at radius 2 is 2.23 bits per heavy atom. The van der Waals surface area contributed by atoms with E-state index in [0.29, 0.717) is 10.7 Å². The molecule has 12 nitrogen and oxygen atoms in total. The van der Waals surface area contributed by atoms with Crippen LogP contribution in [0.1, 0.15) is 12.6 Å². The first-order valence-electron chi connectivity index (χ1n) is 11.5. The van der Waals surface area contributed by atoms with E-state index in [9.17, 15) is 23.9 Å². The van der Waals surface area contributed by atoms with Crippen molar-refractivity contribution in [2.45, 2.75) is 34.2 Å². The van der Waals surface area contributed by atoms with Crippen molar-refractivity contribution in [1.82, 2.24) is 20.2 Å². The first-order valence-corrected chi connectivity index (χ1v) is 15.6. The second kappa shape index (κ2) is 13.4. The van der Waals surface area contributed by atoms with Crippen molar-refractivity contribution >= 4 is 86.9 Å². The van der Waals surface area contributed by atoms with E-state index < -0.39 is 48.2 Å². The summed E-state index contributed by atoms with van der Waals surface area (Å²) in [5.74, 6) is -1.82. The number of anilines is 1. The highest BCUT2D eigenvalue weighted by molar-refractivity contribution is 8.07. The van der Waals surface area contributed by atoms with E-state index in [-0.39, 0.29) is 32.7 Å². The monoisotopic (exact) mass is 647 g/mol. The number of nitrogens with zero attached hydrogens (tertiary/aromatic N) is 4. The Labute approximate surface area is 249 Å². The fraction of sp³-hybridized carbons (Fsp3) is 0.364. The zero-order chi connectivity index (χ0) is 29.0. The van der Waals surface area contributed by atoms with Crippen LogP contribution in [-0.2, 0) is 19.2 Å². The Morgan fingerprint density at radius 1 is 1.45 bits per heavy atom. The highest BCUT2D eigenvalue weighted by Crippen LogP contribution is 2.46. The molecular formula is C22H23ClFN7O5S4. The van der Waals surface area contributed by atoms with E-state index in [1.165, 1.54) is 35.3 Å². The fourth-order valence-electron chi connectivity index (χ4n) is 3.59. The molecule has 1 unspecified atom stereocenters. The van der Waals surface area contributed by atoms with Gasteiger partial charge in [-0.3, -0.25) is 19.5 Å². The highest BCUT2D eigenvalue weighted by Gasteiger charge is 2.54. The summed E-state index contributed by atoms with van der Waals surface area (Å²) in [6.07, 6.45) is 3.30. The van der Waals surface area contributed by atoms with Gasteiger partial charge in [-0.2, -0.15) is 0 Å². The molecule has 0 aliphatic carbocycles. The van der Waals surface area contributed by atoms with Gasteiger partial charge in [0.25, 0.3) is 11.8 Å². The van der Waals surface area contributed by atoms with Crippen LogP contribution < -0.4 is 16.8 Å². The lowest BCUT2D eigenvalue weighted by Crippen LogP contribution is -2.71. The van der Waals surface area contributed by atoms with Gasteiger partial charge in [-0.15, -0.1) is 23.5 Å². The van der Waals surface area contributed by atoms with Crippen LogP contribution in [0.5, 0.6) is 0 Å². The van der Waals surface area contributed by atoms with Gasteiger partial charge >= 0.3 is 5.97 Å². The number of carbonyl (C=O) groups excluding carboxylic acids is 2. The number of thiazole rings is 1. The van der Waals surface area contributed by atoms with Gasteiger partial charge < -0.3 is 26.7 Å². The minimum Gasteiger partial charge on any atom is -0.477 e. The van der Waals surface area contributed by atoms with Crippen LogP contribution in [0.3, 0.4) is 0 Å². The summed E-state index contributed by atoms with van der Waals surface area (Å²) in [5.41, 5.74) is 10.9. The molecule has 4 heterocycles. The van der Waals surface area contributed by atoms with Crippen molar-refractivity contribution < 1.29 is 28.7 Å². The van der Waals surface area contributed by atoms with E-state index in [2.05, 4.69) is 20.4 Å². The molecule has 0 bridgehead atoms. The zero-order valence-electron chi connectivity index (χ0n) is 20.7. The average Bonchev–Trinajstić information content (AvgIpc) is 3.25. The van der Waals surface area contributed by atoms with Crippen LogP contribution >= 0.6 is 58.2 Å². The van der Waals surface area contributed by atoms with Crippen LogP contribution in [0, 0.1) is 0 Å². The number of nitrogens with one attached hydrogen (secondary N) is 1. The number of β-lactam (4-membered cyclic amide) rings is 1. The number of carbonyl (C=O) groups is 3. The third-order valence-electron chi connectivity index (χ3n) is 5.27. The van der Waals surface area contributed by atoms with Crippen molar-refractivity contribution in [1.29, 1.82) is 0 Å². The lowest BCUT2D eigenvalue weighted by atomic mass is 10.0. The first kappa shape index (κ1) is 30.4. The third-order valence-corrected chi connectivity index (χ3v) is 10.4. The number of pyridine rings is 1. The van der Waals surface area contributed by atoms with E-state index >= 15 is 0 Å². The molecule has 40 heavy (non-hydrogen) atoms. The number of carboxylic acids is 1. The summed E-state index contributed by atoms with van der Waals surface area (Å²) in [6.45, 7) is 0.617. The number of halogens is 2. The Hall–Kier alpha value is -2.57. The standard InChI is InChI=1S/C22H23ClFN7O5S4/c1-9(25)7-37-11-6-27-4-2-10(11)39-12-8-38-20-15(19(33)31(20)16(12)21(34)35)28-18(32)14(30-36-5-3-24)13-17(23)40-22(26)29-13/h2,4,6,9,15,20H,3,5,7-8,25H2,1H3,(H2,26,29)(H,28,32)(H,34,35)/t9?,15-,20+/m1/s1. The smallest absolute Gasteiger partial charge is 0.353 e. The van der Waals surface area contributed by atoms with Crippen LogP contribution in [-0.4, -0.2) is 85.7 Å². The number of carboxylic acid groups (broad SMARTS) is 1. The minimum atomic E-state index is -1.27. The lowest BCUT2D eigenvalue weighted by Gasteiger charge is -2.49. The van der Waals surface area contributed by atoms with E-state index in [1.807, 2.05) is 6.92 Å². The number of hydrogen-bond acceptors (Lipinski definition) is 13. The topological polar surface area (TPSA) is 186 Å². The summed E-state index contributed by atoms with van der Waals surface area (Å²) >= 11 is 11.1. The molecule has 6 N–H and O–H groups in total. The van der Waals surface area contributed by atoms with Crippen molar-refractivity contribution in [3.8, 4) is 0 Å². The maximum Gasteiger partial charge on any atom is 0.353 e. The van der Waals surface area contributed by atoms with Gasteiger partial charge in [0.05, 0.1) is 0 Å². The second-order valence-electron chi connectivity index (χ2n) is 8.29. The number of rotatable bonds is 12. The number of amides is 2. The molecule has 2 aliphatic rings. The Morgan fingerprint density at radius 3 is 2.88 bits per heavy atom. The zero-order valence-corrected chi connectivity index (χ0v) is 24.7. The predicted octanol–water partition coefficient (Wildman–Crippen LogP) is 2.39. The van der Waals surface area contributed by atoms with Gasteiger partial charge in [0, 0.05) is 44.6 Å². The number of nitrogens with two attached hydrogens (primary N) is 2. The van der Waals surface area contributed by atoms with Crippen molar-refractivity contribution in [2.75, 3.05) is 30.5 Å². The van der Waals surface area contributed by atoms with Crippen molar-refractivity contribution in [3.63, 3.8) is 0 Å². The molecule has 2 amide bonds. The summed E-state index contributed by atoms with van der Waals surface area (Å²) in [6, 6.07) is 0.677. The maximum atomic E-state index is 13.2. The Kier molecular flexibility index (Phi) is 10.2. The quantitative estimate of drug-likeness (QED) is 0.0868. The van der Waals surface area contributed by atoms with E-state index in [0.717, 1.165) is 26.0 Å². The molecule has 4 rings (SSSR count). The highest BCUT2D eigenvalue weighted by atomic mass is 35.5. The number of nitrogen functional groups attached to an aromatic ring is 1. The van der Waals surface area contributed by atoms with E-state index in [4.69, 9.17) is 27.9 Å². The van der Waals surface area contributed by atoms with Crippen LogP contribution in [0.15, 0.2) is 44.0 Å². The lowest BCUT2D eigenvalue weighted by molar-refractivity contribution is -0.150. The SMILES string of the molecule is CC(N)CSc1cnccc1SC1=C(C(=O)O)N2C(=O)[C@@H](NC(=O)C(=NOCCF)c3nc(N)sc3Cl)[C@@H]2SC1. The molecule has 2 aromatic heterocycles. The average molecular weight is 648 g/mol. The van der Waals surface area contributed by atoms with Crippen molar-refractivity contribution in [2.24, 2.45) is 10.9 Å².